The highest BCUT2D eigenvalue weighted by Gasteiger charge is 2.16. The fourth-order valence-electron chi connectivity index (χ4n) is 4.56. The zero-order valence-corrected chi connectivity index (χ0v) is 22.8. The summed E-state index contributed by atoms with van der Waals surface area (Å²) in [6.07, 6.45) is 0.673. The van der Waals surface area contributed by atoms with E-state index < -0.39 is 0 Å². The molecule has 39 heavy (non-hydrogen) atoms. The van der Waals surface area contributed by atoms with Crippen molar-refractivity contribution >= 4 is 39.5 Å². The predicted octanol–water partition coefficient (Wildman–Crippen LogP) is 3.80. The molecule has 0 bridgehead atoms. The number of para-hydroxylation sites is 2. The summed E-state index contributed by atoms with van der Waals surface area (Å²) in [7, 11) is 5.09. The molecule has 10 heteroatoms. The lowest BCUT2D eigenvalue weighted by Gasteiger charge is -2.15. The van der Waals surface area contributed by atoms with Crippen molar-refractivity contribution in [2.45, 2.75) is 18.1 Å². The van der Waals surface area contributed by atoms with Gasteiger partial charge in [-0.1, -0.05) is 42.1 Å². The summed E-state index contributed by atoms with van der Waals surface area (Å²) < 4.78 is 14.6. The molecule has 0 saturated carbocycles. The van der Waals surface area contributed by atoms with Crippen LogP contribution in [-0.2, 0) is 24.8 Å². The van der Waals surface area contributed by atoms with Crippen LogP contribution in [-0.4, -0.2) is 51.8 Å². The molecule has 9 nitrogen and oxygen atoms in total. The molecule has 0 aliphatic rings. The summed E-state index contributed by atoms with van der Waals surface area (Å²) in [5.74, 6) is 2.21. The fraction of sp³-hybridized carbons (Fsp3) is 0.241. The second kappa shape index (κ2) is 11.6. The normalized spacial score (nSPS) is 11.2. The van der Waals surface area contributed by atoms with Gasteiger partial charge < -0.3 is 23.9 Å². The fourth-order valence-corrected chi connectivity index (χ4v) is 5.32. The van der Waals surface area contributed by atoms with Crippen LogP contribution in [0.1, 0.15) is 11.4 Å². The zero-order valence-electron chi connectivity index (χ0n) is 22.0. The highest BCUT2D eigenvalue weighted by Crippen LogP contribution is 2.27. The number of nitrogens with one attached hydrogen (secondary N) is 1. The van der Waals surface area contributed by atoms with Crippen molar-refractivity contribution in [2.24, 2.45) is 7.05 Å². The number of ether oxygens (including phenoxy) is 2. The zero-order chi connectivity index (χ0) is 27.4. The number of pyridine rings is 1. The molecular weight excluding hydrogens is 514 g/mol. The molecule has 0 atom stereocenters. The molecule has 0 spiro atoms. The van der Waals surface area contributed by atoms with Crippen molar-refractivity contribution in [1.82, 2.24) is 24.6 Å². The number of amides is 1. The standard InChI is InChI=1S/C29H29N5O4S/c1-33-26(17-34-22-10-6-4-8-20(22)28(36)21-9-5-7-11-23(21)34)31-32-29(33)39-18-27(35)30-15-14-19-12-13-24(37-2)25(16-19)38-3/h4-13,16H,14-15,17-18H2,1-3H3,(H,30,35). The first-order valence-corrected chi connectivity index (χ1v) is 13.5. The molecule has 2 aromatic heterocycles. The highest BCUT2D eigenvalue weighted by molar-refractivity contribution is 7.99. The van der Waals surface area contributed by atoms with Crippen molar-refractivity contribution < 1.29 is 14.3 Å². The van der Waals surface area contributed by atoms with E-state index in [1.807, 2.05) is 78.3 Å². The van der Waals surface area contributed by atoms with Crippen molar-refractivity contribution in [3.05, 3.63) is 88.3 Å². The Morgan fingerprint density at radius 3 is 2.26 bits per heavy atom. The number of hydrogen-bond donors (Lipinski definition) is 1. The van der Waals surface area contributed by atoms with Gasteiger partial charge in [-0.05, 0) is 48.4 Å². The van der Waals surface area contributed by atoms with Gasteiger partial charge in [0, 0.05) is 24.4 Å². The molecule has 0 saturated heterocycles. The number of benzene rings is 3. The van der Waals surface area contributed by atoms with E-state index in [0.29, 0.717) is 46.9 Å². The lowest BCUT2D eigenvalue weighted by atomic mass is 10.1. The van der Waals surface area contributed by atoms with Crippen LogP contribution in [0.15, 0.2) is 76.7 Å². The van der Waals surface area contributed by atoms with E-state index in [0.717, 1.165) is 22.4 Å². The van der Waals surface area contributed by atoms with Gasteiger partial charge in [0.25, 0.3) is 0 Å². The smallest absolute Gasteiger partial charge is 0.230 e. The molecule has 2 heterocycles. The Kier molecular flexibility index (Phi) is 7.83. The quantitative estimate of drug-likeness (QED) is 0.211. The van der Waals surface area contributed by atoms with Crippen LogP contribution < -0.4 is 20.2 Å². The lowest BCUT2D eigenvalue weighted by Crippen LogP contribution is -2.27. The molecule has 0 aliphatic carbocycles. The molecular formula is C29H29N5O4S. The summed E-state index contributed by atoms with van der Waals surface area (Å²) >= 11 is 1.34. The first-order valence-electron chi connectivity index (χ1n) is 12.5. The number of rotatable bonds is 10. The Labute approximate surface area is 229 Å². The van der Waals surface area contributed by atoms with Gasteiger partial charge in [0.2, 0.25) is 5.91 Å². The summed E-state index contributed by atoms with van der Waals surface area (Å²) in [5.41, 5.74) is 2.74. The number of carbonyl (C=O) groups excluding carboxylic acids is 1. The number of hydrogen-bond acceptors (Lipinski definition) is 7. The Morgan fingerprint density at radius 1 is 0.923 bits per heavy atom. The van der Waals surface area contributed by atoms with Crippen LogP contribution in [0.2, 0.25) is 0 Å². The highest BCUT2D eigenvalue weighted by atomic mass is 32.2. The maximum Gasteiger partial charge on any atom is 0.230 e. The van der Waals surface area contributed by atoms with Crippen molar-refractivity contribution in [3.63, 3.8) is 0 Å². The maximum atomic E-state index is 13.0. The van der Waals surface area contributed by atoms with E-state index in [9.17, 15) is 9.59 Å². The minimum atomic E-state index is -0.0811. The van der Waals surface area contributed by atoms with Crippen LogP contribution in [0.4, 0.5) is 0 Å². The molecule has 200 valence electrons. The van der Waals surface area contributed by atoms with E-state index in [4.69, 9.17) is 9.47 Å². The van der Waals surface area contributed by atoms with E-state index in [2.05, 4.69) is 20.1 Å². The second-order valence-electron chi connectivity index (χ2n) is 8.99. The van der Waals surface area contributed by atoms with Crippen LogP contribution in [0.25, 0.3) is 21.8 Å². The van der Waals surface area contributed by atoms with Gasteiger partial charge >= 0.3 is 0 Å². The van der Waals surface area contributed by atoms with Gasteiger partial charge in [-0.25, -0.2) is 0 Å². The molecule has 3 aromatic carbocycles. The molecule has 0 aliphatic heterocycles. The number of thioether (sulfide) groups is 1. The molecule has 0 fully saturated rings. The lowest BCUT2D eigenvalue weighted by molar-refractivity contribution is -0.118. The third-order valence-corrected chi connectivity index (χ3v) is 7.64. The third-order valence-electron chi connectivity index (χ3n) is 6.62. The van der Waals surface area contributed by atoms with Crippen LogP contribution in [0.5, 0.6) is 11.5 Å². The molecule has 0 radical (unpaired) electrons. The van der Waals surface area contributed by atoms with Crippen LogP contribution >= 0.6 is 11.8 Å². The van der Waals surface area contributed by atoms with Crippen molar-refractivity contribution in [2.75, 3.05) is 26.5 Å². The number of aromatic nitrogens is 4. The number of methoxy groups -OCH3 is 2. The molecule has 1 N–H and O–H groups in total. The average Bonchev–Trinajstić information content (AvgIpc) is 3.32. The van der Waals surface area contributed by atoms with Crippen LogP contribution in [0.3, 0.4) is 0 Å². The molecule has 5 rings (SSSR count). The Bertz CT molecular complexity index is 1650. The van der Waals surface area contributed by atoms with Crippen LogP contribution in [0, 0.1) is 0 Å². The topological polar surface area (TPSA) is 100 Å². The van der Waals surface area contributed by atoms with Crippen molar-refractivity contribution in [1.29, 1.82) is 0 Å². The average molecular weight is 544 g/mol. The second-order valence-corrected chi connectivity index (χ2v) is 9.93. The SMILES string of the molecule is COc1ccc(CCNC(=O)CSc2nnc(Cn3c4ccccc4c(=O)c4ccccc43)n2C)cc1OC. The Morgan fingerprint density at radius 2 is 1.59 bits per heavy atom. The van der Waals surface area contributed by atoms with Gasteiger partial charge in [0.1, 0.15) is 0 Å². The Balaban J connectivity index is 1.24. The third kappa shape index (κ3) is 5.46. The van der Waals surface area contributed by atoms with Gasteiger partial charge in [-0.2, -0.15) is 0 Å². The van der Waals surface area contributed by atoms with Gasteiger partial charge in [0.15, 0.2) is 27.9 Å². The monoisotopic (exact) mass is 543 g/mol. The number of fused-ring (bicyclic) bond motifs is 2. The van der Waals surface area contributed by atoms with E-state index in [-0.39, 0.29) is 17.1 Å². The summed E-state index contributed by atoms with van der Waals surface area (Å²) in [6, 6.07) is 20.9. The van der Waals surface area contributed by atoms with Gasteiger partial charge in [-0.3, -0.25) is 9.59 Å². The van der Waals surface area contributed by atoms with E-state index in [1.165, 1.54) is 11.8 Å². The minimum Gasteiger partial charge on any atom is -0.493 e. The first-order chi connectivity index (χ1) is 19.0. The number of carbonyl (C=O) groups is 1. The molecule has 0 unspecified atom stereocenters. The van der Waals surface area contributed by atoms with E-state index >= 15 is 0 Å². The van der Waals surface area contributed by atoms with Gasteiger partial charge in [-0.15, -0.1) is 10.2 Å². The molecule has 5 aromatic rings. The minimum absolute atomic E-state index is 0.0174. The Hall–Kier alpha value is -4.31. The predicted molar refractivity (Wildman–Crippen MR) is 153 cm³/mol. The maximum absolute atomic E-state index is 13.0. The largest absolute Gasteiger partial charge is 0.493 e. The summed E-state index contributed by atoms with van der Waals surface area (Å²) in [5, 5.41) is 13.6. The van der Waals surface area contributed by atoms with E-state index in [1.54, 1.807) is 14.2 Å². The molecule has 1 amide bonds. The number of nitrogens with zero attached hydrogens (tertiary/aromatic N) is 4. The van der Waals surface area contributed by atoms with Crippen molar-refractivity contribution in [3.8, 4) is 11.5 Å². The summed E-state index contributed by atoms with van der Waals surface area (Å²) in [4.78, 5) is 25.5. The van der Waals surface area contributed by atoms with Gasteiger partial charge in [0.05, 0.1) is 37.6 Å². The summed E-state index contributed by atoms with van der Waals surface area (Å²) in [6.45, 7) is 0.939. The first kappa shape index (κ1) is 26.3.